The highest BCUT2D eigenvalue weighted by atomic mass is 19.1. The second kappa shape index (κ2) is 6.79. The molecule has 2 heterocycles. The van der Waals surface area contributed by atoms with Crippen LogP contribution in [0.1, 0.15) is 5.69 Å². The van der Waals surface area contributed by atoms with E-state index in [-0.39, 0.29) is 18.0 Å². The Morgan fingerprint density at radius 3 is 2.37 bits per heavy atom. The van der Waals surface area contributed by atoms with Gasteiger partial charge in [-0.2, -0.15) is 5.10 Å². The minimum Gasteiger partial charge on any atom is -0.317 e. The molecule has 8 heteroatoms. The van der Waals surface area contributed by atoms with Gasteiger partial charge < -0.3 is 10.2 Å². The average Bonchev–Trinajstić information content (AvgIpc) is 3.04. The van der Waals surface area contributed by atoms with Crippen molar-refractivity contribution < 1.29 is 18.0 Å². The molecule has 0 bridgehead atoms. The number of benzene rings is 2. The number of anilines is 1. The summed E-state index contributed by atoms with van der Waals surface area (Å²) in [5.41, 5.74) is 2.47. The van der Waals surface area contributed by atoms with Crippen molar-refractivity contribution in [1.82, 2.24) is 14.7 Å². The van der Waals surface area contributed by atoms with Crippen LogP contribution in [0.15, 0.2) is 48.7 Å². The fraction of sp³-hybridized carbons (Fsp3) is 0.158. The lowest BCUT2D eigenvalue weighted by molar-refractivity contribution is 0.194. The number of rotatable bonds is 2. The van der Waals surface area contributed by atoms with Gasteiger partial charge in [0.25, 0.3) is 0 Å². The summed E-state index contributed by atoms with van der Waals surface area (Å²) in [5.74, 6) is -1.86. The van der Waals surface area contributed by atoms with Crippen LogP contribution in [0.2, 0.25) is 0 Å². The van der Waals surface area contributed by atoms with Gasteiger partial charge in [-0.25, -0.2) is 18.0 Å². The summed E-state index contributed by atoms with van der Waals surface area (Å²) < 4.78 is 41.6. The Kier molecular flexibility index (Phi) is 4.31. The van der Waals surface area contributed by atoms with E-state index in [9.17, 15) is 18.0 Å². The van der Waals surface area contributed by atoms with Crippen molar-refractivity contribution in [2.75, 3.05) is 11.9 Å². The molecule has 4 rings (SSSR count). The number of carbonyl (C=O) groups excluding carboxylic acids is 1. The van der Waals surface area contributed by atoms with E-state index in [1.807, 2.05) is 0 Å². The Balaban J connectivity index is 1.54. The van der Waals surface area contributed by atoms with Crippen LogP contribution in [-0.4, -0.2) is 27.3 Å². The highest BCUT2D eigenvalue weighted by Gasteiger charge is 2.24. The number of hydrogen-bond acceptors (Lipinski definition) is 2. The first kappa shape index (κ1) is 17.1. The molecule has 0 aliphatic carbocycles. The van der Waals surface area contributed by atoms with Crippen LogP contribution in [0.3, 0.4) is 0 Å². The first-order valence-electron chi connectivity index (χ1n) is 8.32. The number of hydrogen-bond donors (Lipinski definition) is 1. The molecule has 1 aliphatic heterocycles. The first-order chi connectivity index (χ1) is 13.0. The normalized spacial score (nSPS) is 13.4. The van der Waals surface area contributed by atoms with Gasteiger partial charge in [-0.05, 0) is 29.8 Å². The van der Waals surface area contributed by atoms with Gasteiger partial charge in [-0.3, -0.25) is 4.68 Å². The lowest BCUT2D eigenvalue weighted by atomic mass is 10.1. The third-order valence-corrected chi connectivity index (χ3v) is 4.43. The van der Waals surface area contributed by atoms with Crippen LogP contribution in [0.5, 0.6) is 0 Å². The third-order valence-electron chi connectivity index (χ3n) is 4.43. The van der Waals surface area contributed by atoms with Crippen molar-refractivity contribution in [3.05, 3.63) is 71.8 Å². The van der Waals surface area contributed by atoms with Gasteiger partial charge in [-0.15, -0.1) is 0 Å². The molecule has 0 spiro atoms. The Labute approximate surface area is 153 Å². The summed E-state index contributed by atoms with van der Waals surface area (Å²) >= 11 is 0. The molecule has 0 atom stereocenters. The molecule has 0 fully saturated rings. The average molecular weight is 372 g/mol. The maximum atomic E-state index is 13.3. The predicted molar refractivity (Wildman–Crippen MR) is 93.4 cm³/mol. The molecule has 138 valence electrons. The molecule has 5 nitrogen and oxygen atoms in total. The van der Waals surface area contributed by atoms with E-state index in [2.05, 4.69) is 10.4 Å². The van der Waals surface area contributed by atoms with E-state index < -0.39 is 17.7 Å². The molecule has 1 N–H and O–H groups in total. The van der Waals surface area contributed by atoms with Crippen molar-refractivity contribution >= 4 is 11.7 Å². The van der Waals surface area contributed by atoms with Gasteiger partial charge in [0.1, 0.15) is 17.5 Å². The number of urea groups is 1. The fourth-order valence-electron chi connectivity index (χ4n) is 3.12. The monoisotopic (exact) mass is 372 g/mol. The van der Waals surface area contributed by atoms with Gasteiger partial charge in [0.05, 0.1) is 25.0 Å². The molecule has 2 amide bonds. The second-order valence-corrected chi connectivity index (χ2v) is 6.24. The summed E-state index contributed by atoms with van der Waals surface area (Å²) in [6, 6.07) is 8.43. The van der Waals surface area contributed by atoms with E-state index in [4.69, 9.17) is 0 Å². The van der Waals surface area contributed by atoms with Gasteiger partial charge in [0.2, 0.25) is 0 Å². The van der Waals surface area contributed by atoms with Crippen molar-refractivity contribution in [1.29, 1.82) is 0 Å². The van der Waals surface area contributed by atoms with Gasteiger partial charge in [-0.1, -0.05) is 12.1 Å². The number of fused-ring (bicyclic) bond motifs is 1. The van der Waals surface area contributed by atoms with E-state index in [0.717, 1.165) is 35.0 Å². The molecule has 27 heavy (non-hydrogen) atoms. The van der Waals surface area contributed by atoms with Crippen LogP contribution in [0.25, 0.3) is 11.1 Å². The molecule has 0 saturated carbocycles. The maximum Gasteiger partial charge on any atom is 0.322 e. The largest absolute Gasteiger partial charge is 0.322 e. The van der Waals surface area contributed by atoms with Crippen molar-refractivity contribution in [3.63, 3.8) is 0 Å². The standard InChI is InChI=1S/C19H15F3N4O/c20-13-3-1-12(2-4-13)17-10-23-26-6-5-25(11-18(17)26)19(27)24-16-8-14(21)7-15(22)9-16/h1-4,7-10H,5-6,11H2,(H,24,27). The third kappa shape index (κ3) is 3.51. The number of aromatic nitrogens is 2. The predicted octanol–water partition coefficient (Wildman–Crippen LogP) is 4.02. The minimum atomic E-state index is -0.763. The van der Waals surface area contributed by atoms with E-state index in [0.29, 0.717) is 13.1 Å². The van der Waals surface area contributed by atoms with Gasteiger partial charge >= 0.3 is 6.03 Å². The molecule has 0 unspecified atom stereocenters. The number of halogens is 3. The minimum absolute atomic E-state index is 0.0512. The van der Waals surface area contributed by atoms with Crippen molar-refractivity contribution in [2.45, 2.75) is 13.1 Å². The molecule has 1 aromatic heterocycles. The van der Waals surface area contributed by atoms with E-state index in [1.165, 1.54) is 17.0 Å². The zero-order valence-electron chi connectivity index (χ0n) is 14.1. The Bertz CT molecular complexity index is 980. The van der Waals surface area contributed by atoms with Crippen LogP contribution in [0, 0.1) is 17.5 Å². The molecular formula is C19H15F3N4O. The highest BCUT2D eigenvalue weighted by Crippen LogP contribution is 2.27. The lowest BCUT2D eigenvalue weighted by Gasteiger charge is -2.28. The van der Waals surface area contributed by atoms with E-state index >= 15 is 0 Å². The first-order valence-corrected chi connectivity index (χ1v) is 8.32. The van der Waals surface area contributed by atoms with Crippen LogP contribution < -0.4 is 5.32 Å². The Morgan fingerprint density at radius 1 is 0.963 bits per heavy atom. The molecular weight excluding hydrogens is 357 g/mol. The number of nitrogens with zero attached hydrogens (tertiary/aromatic N) is 3. The highest BCUT2D eigenvalue weighted by molar-refractivity contribution is 5.89. The molecule has 2 aromatic carbocycles. The number of nitrogens with one attached hydrogen (secondary N) is 1. The quantitative estimate of drug-likeness (QED) is 0.739. The molecule has 3 aromatic rings. The Hall–Kier alpha value is -3.29. The zero-order valence-corrected chi connectivity index (χ0v) is 14.1. The lowest BCUT2D eigenvalue weighted by Crippen LogP contribution is -2.41. The molecule has 0 radical (unpaired) electrons. The van der Waals surface area contributed by atoms with Crippen LogP contribution >= 0.6 is 0 Å². The Morgan fingerprint density at radius 2 is 1.67 bits per heavy atom. The second-order valence-electron chi connectivity index (χ2n) is 6.24. The maximum absolute atomic E-state index is 13.3. The van der Waals surface area contributed by atoms with E-state index in [1.54, 1.807) is 23.0 Å². The SMILES string of the molecule is O=C(Nc1cc(F)cc(F)c1)N1CCn2ncc(-c3ccc(F)cc3)c2C1. The number of amides is 2. The summed E-state index contributed by atoms with van der Waals surface area (Å²) in [5, 5.41) is 6.83. The fourth-order valence-corrected chi connectivity index (χ4v) is 3.12. The van der Waals surface area contributed by atoms with Gasteiger partial charge in [0.15, 0.2) is 0 Å². The summed E-state index contributed by atoms with van der Waals surface area (Å²) in [6.45, 7) is 1.17. The zero-order chi connectivity index (χ0) is 19.0. The summed E-state index contributed by atoms with van der Waals surface area (Å²) in [6.07, 6.45) is 1.69. The van der Waals surface area contributed by atoms with Crippen LogP contribution in [-0.2, 0) is 13.1 Å². The smallest absolute Gasteiger partial charge is 0.317 e. The van der Waals surface area contributed by atoms with Crippen LogP contribution in [0.4, 0.5) is 23.7 Å². The summed E-state index contributed by atoms with van der Waals surface area (Å²) in [7, 11) is 0. The van der Waals surface area contributed by atoms with Gasteiger partial charge in [0, 0.05) is 23.9 Å². The number of carbonyl (C=O) groups is 1. The molecule has 0 saturated heterocycles. The van der Waals surface area contributed by atoms with Crippen molar-refractivity contribution in [2.24, 2.45) is 0 Å². The summed E-state index contributed by atoms with van der Waals surface area (Å²) in [4.78, 5) is 14.0. The molecule has 1 aliphatic rings. The van der Waals surface area contributed by atoms with Crippen molar-refractivity contribution in [3.8, 4) is 11.1 Å². The topological polar surface area (TPSA) is 50.2 Å².